The van der Waals surface area contributed by atoms with Gasteiger partial charge in [-0.3, -0.25) is 4.79 Å². The summed E-state index contributed by atoms with van der Waals surface area (Å²) < 4.78 is 10.6. The first-order valence-electron chi connectivity index (χ1n) is 3.92. The Morgan fingerprint density at radius 2 is 2.33 bits per heavy atom. The Balaban J connectivity index is 2.68. The van der Waals surface area contributed by atoms with Gasteiger partial charge in [0.05, 0.1) is 6.33 Å². The topological polar surface area (TPSA) is 136 Å². The van der Waals surface area contributed by atoms with Crippen molar-refractivity contribution < 1.29 is 24.3 Å². The van der Waals surface area contributed by atoms with Crippen molar-refractivity contribution in [3.05, 3.63) is 18.2 Å². The Bertz CT molecular complexity index is 372. The Hall–Kier alpha value is -1.21. The summed E-state index contributed by atoms with van der Waals surface area (Å²) in [6.45, 7) is 0. The number of imidazole rings is 1. The van der Waals surface area contributed by atoms with Crippen LogP contribution in [-0.2, 0) is 15.8 Å². The second kappa shape index (κ2) is 4.54. The van der Waals surface area contributed by atoms with Crippen LogP contribution in [0, 0.1) is 0 Å². The number of aliphatic carboxylic acids is 1. The number of carbonyl (C=O) groups is 1. The van der Waals surface area contributed by atoms with Crippen LogP contribution in [0.1, 0.15) is 5.69 Å². The summed E-state index contributed by atoms with van der Waals surface area (Å²) in [6.07, 6.45) is 2.66. The molecule has 0 aliphatic rings. The summed E-state index contributed by atoms with van der Waals surface area (Å²) >= 11 is 0. The quantitative estimate of drug-likeness (QED) is 0.416. The first-order chi connectivity index (χ1) is 6.88. The van der Waals surface area contributed by atoms with Crippen molar-refractivity contribution in [1.82, 2.24) is 15.1 Å². The van der Waals surface area contributed by atoms with E-state index in [0.717, 1.165) is 0 Å². The summed E-state index contributed by atoms with van der Waals surface area (Å²) in [7, 11) is -4.56. The van der Waals surface area contributed by atoms with Crippen molar-refractivity contribution >= 4 is 13.7 Å². The number of aromatic amines is 1. The lowest BCUT2D eigenvalue weighted by atomic mass is 10.2. The van der Waals surface area contributed by atoms with Gasteiger partial charge in [-0.15, -0.1) is 0 Å². The third-order valence-electron chi connectivity index (χ3n) is 1.60. The van der Waals surface area contributed by atoms with Crippen molar-refractivity contribution in [3.8, 4) is 0 Å². The average Bonchev–Trinajstić information content (AvgIpc) is 2.52. The molecule has 0 aliphatic heterocycles. The third-order valence-corrected chi connectivity index (χ3v) is 2.25. The molecule has 0 aliphatic carbocycles. The number of H-pyrrole nitrogens is 1. The van der Waals surface area contributed by atoms with E-state index >= 15 is 0 Å². The second-order valence-electron chi connectivity index (χ2n) is 2.84. The molecule has 0 bridgehead atoms. The van der Waals surface area contributed by atoms with Gasteiger partial charge >= 0.3 is 13.7 Å². The number of carboxylic acid groups (broad SMARTS) is 1. The molecule has 1 rings (SSSR count). The lowest BCUT2D eigenvalue weighted by molar-refractivity contribution is -0.139. The van der Waals surface area contributed by atoms with Gasteiger partial charge in [0.1, 0.15) is 6.04 Å². The monoisotopic (exact) mass is 235 g/mol. The number of hydrogen-bond acceptors (Lipinski definition) is 3. The molecule has 9 heteroatoms. The average molecular weight is 235 g/mol. The van der Waals surface area contributed by atoms with Crippen LogP contribution in [0.3, 0.4) is 0 Å². The van der Waals surface area contributed by atoms with Gasteiger partial charge in [0, 0.05) is 18.3 Å². The van der Waals surface area contributed by atoms with Crippen molar-refractivity contribution in [1.29, 1.82) is 0 Å². The molecule has 0 radical (unpaired) electrons. The molecular weight excluding hydrogens is 225 g/mol. The van der Waals surface area contributed by atoms with Crippen molar-refractivity contribution in [3.63, 3.8) is 0 Å². The third kappa shape index (κ3) is 4.22. The number of carboxylic acids is 1. The lowest BCUT2D eigenvalue weighted by Crippen LogP contribution is -2.36. The molecule has 1 aromatic heterocycles. The van der Waals surface area contributed by atoms with E-state index in [1.54, 1.807) is 5.09 Å². The molecule has 1 atom stereocenters. The minimum Gasteiger partial charge on any atom is -0.480 e. The Labute approximate surface area is 84.6 Å². The maximum Gasteiger partial charge on any atom is 0.401 e. The Morgan fingerprint density at radius 1 is 1.67 bits per heavy atom. The van der Waals surface area contributed by atoms with Gasteiger partial charge in [0.25, 0.3) is 0 Å². The van der Waals surface area contributed by atoms with Crippen LogP contribution in [-0.4, -0.2) is 36.9 Å². The number of rotatable bonds is 5. The molecule has 0 unspecified atom stereocenters. The molecule has 0 aromatic carbocycles. The van der Waals surface area contributed by atoms with Crippen LogP contribution in [0.25, 0.3) is 0 Å². The van der Waals surface area contributed by atoms with E-state index in [-0.39, 0.29) is 6.42 Å². The van der Waals surface area contributed by atoms with Gasteiger partial charge in [-0.25, -0.2) is 14.6 Å². The van der Waals surface area contributed by atoms with E-state index in [9.17, 15) is 9.36 Å². The normalized spacial score (nSPS) is 13.7. The first kappa shape index (κ1) is 11.9. The molecule has 0 amide bonds. The summed E-state index contributed by atoms with van der Waals surface area (Å²) in [5, 5.41) is 10.4. The number of hydrogen-bond donors (Lipinski definition) is 5. The minimum atomic E-state index is -4.56. The first-order valence-corrected chi connectivity index (χ1v) is 5.53. The van der Waals surface area contributed by atoms with Crippen LogP contribution in [0.2, 0.25) is 0 Å². The molecule has 84 valence electrons. The maximum atomic E-state index is 10.7. The molecule has 0 saturated heterocycles. The highest BCUT2D eigenvalue weighted by molar-refractivity contribution is 7.49. The minimum absolute atomic E-state index is 0.0829. The molecule has 1 heterocycles. The predicted octanol–water partition coefficient (Wildman–Crippen LogP) is -0.912. The zero-order chi connectivity index (χ0) is 11.5. The van der Waals surface area contributed by atoms with E-state index in [0.29, 0.717) is 5.69 Å². The van der Waals surface area contributed by atoms with Crippen LogP contribution in [0.5, 0.6) is 0 Å². The van der Waals surface area contributed by atoms with Crippen molar-refractivity contribution in [2.24, 2.45) is 0 Å². The van der Waals surface area contributed by atoms with E-state index in [4.69, 9.17) is 14.9 Å². The van der Waals surface area contributed by atoms with Crippen LogP contribution in [0.15, 0.2) is 12.5 Å². The van der Waals surface area contributed by atoms with Crippen molar-refractivity contribution in [2.45, 2.75) is 12.5 Å². The number of nitrogens with zero attached hydrogens (tertiary/aromatic N) is 1. The van der Waals surface area contributed by atoms with Gasteiger partial charge in [0.2, 0.25) is 0 Å². The number of nitrogens with one attached hydrogen (secondary N) is 2. The van der Waals surface area contributed by atoms with Crippen LogP contribution in [0.4, 0.5) is 0 Å². The summed E-state index contributed by atoms with van der Waals surface area (Å²) in [4.78, 5) is 34.1. The van der Waals surface area contributed by atoms with E-state index in [1.165, 1.54) is 12.5 Å². The Kier molecular flexibility index (Phi) is 3.59. The number of aromatic nitrogens is 2. The maximum absolute atomic E-state index is 10.7. The molecule has 8 nitrogen and oxygen atoms in total. The summed E-state index contributed by atoms with van der Waals surface area (Å²) in [5.41, 5.74) is 0.475. The fourth-order valence-corrected chi connectivity index (χ4v) is 1.62. The lowest BCUT2D eigenvalue weighted by Gasteiger charge is -2.13. The van der Waals surface area contributed by atoms with Gasteiger partial charge in [-0.2, -0.15) is 0 Å². The smallest absolute Gasteiger partial charge is 0.401 e. The highest BCUT2D eigenvalue weighted by atomic mass is 31.2. The van der Waals surface area contributed by atoms with E-state index in [1.807, 2.05) is 0 Å². The molecule has 5 N–H and O–H groups in total. The highest BCUT2D eigenvalue weighted by Crippen LogP contribution is 2.29. The van der Waals surface area contributed by atoms with Gasteiger partial charge in [-0.1, -0.05) is 0 Å². The van der Waals surface area contributed by atoms with Gasteiger partial charge in [-0.05, 0) is 0 Å². The molecule has 0 saturated carbocycles. The molecule has 1 aromatic rings. The zero-order valence-corrected chi connectivity index (χ0v) is 8.39. The second-order valence-corrected chi connectivity index (χ2v) is 4.19. The molecule has 0 fully saturated rings. The molecule has 0 spiro atoms. The summed E-state index contributed by atoms with van der Waals surface area (Å²) in [5.74, 6) is -1.34. The fourth-order valence-electron chi connectivity index (χ4n) is 1.01. The van der Waals surface area contributed by atoms with Crippen LogP contribution < -0.4 is 5.09 Å². The summed E-state index contributed by atoms with van der Waals surface area (Å²) in [6, 6.07) is -1.36. The van der Waals surface area contributed by atoms with Crippen molar-refractivity contribution in [2.75, 3.05) is 0 Å². The SMILES string of the molecule is O=C(O)[C@@H](Cc1cnc[nH]1)NP(=O)(O)O. The van der Waals surface area contributed by atoms with Gasteiger partial charge in [0.15, 0.2) is 0 Å². The van der Waals surface area contributed by atoms with Crippen LogP contribution >= 0.6 is 7.75 Å². The predicted molar refractivity (Wildman–Crippen MR) is 48.9 cm³/mol. The fraction of sp³-hybridized carbons (Fsp3) is 0.333. The van der Waals surface area contributed by atoms with E-state index in [2.05, 4.69) is 9.97 Å². The van der Waals surface area contributed by atoms with Gasteiger partial charge < -0.3 is 19.9 Å². The van der Waals surface area contributed by atoms with E-state index < -0.39 is 19.8 Å². The standard InChI is InChI=1S/C6H10N3O5P/c10-6(11)5(9-15(12,13)14)1-4-2-7-3-8-4/h2-3,5H,1H2,(H,7,8)(H,10,11)(H3,9,12,13,14)/t5-/m1/s1. The largest absolute Gasteiger partial charge is 0.480 e. The molecule has 15 heavy (non-hydrogen) atoms. The molecular formula is C6H10N3O5P. The zero-order valence-electron chi connectivity index (χ0n) is 7.49. The Morgan fingerprint density at radius 3 is 2.73 bits per heavy atom. The highest BCUT2D eigenvalue weighted by Gasteiger charge is 2.26.